The van der Waals surface area contributed by atoms with Crippen molar-refractivity contribution in [3.05, 3.63) is 45.9 Å². The number of anilines is 1. The number of esters is 1. The maximum Gasteiger partial charge on any atom is 0.303 e. The number of nitrogens with two attached hydrogens (primary N) is 1. The van der Waals surface area contributed by atoms with E-state index in [9.17, 15) is 24.0 Å². The van der Waals surface area contributed by atoms with Gasteiger partial charge in [-0.2, -0.15) is 0 Å². The summed E-state index contributed by atoms with van der Waals surface area (Å²) in [5, 5.41) is 11.8. The fraction of sp³-hybridized carbons (Fsp3) is 0.702. The topological polar surface area (TPSA) is 188 Å². The van der Waals surface area contributed by atoms with Gasteiger partial charge in [0.25, 0.3) is 5.91 Å². The molecule has 1 aliphatic rings. The first-order valence-corrected chi connectivity index (χ1v) is 23.8. The molecular weight excluding hydrogens is 805 g/mol. The number of piperidine rings is 1. The molecule has 6 atom stereocenters. The Bertz CT molecular complexity index is 1730. The van der Waals surface area contributed by atoms with E-state index in [2.05, 4.69) is 60.9 Å². The van der Waals surface area contributed by atoms with Crippen LogP contribution in [0, 0.1) is 17.3 Å². The van der Waals surface area contributed by atoms with E-state index in [0.29, 0.717) is 30.8 Å². The molecule has 0 radical (unpaired) electrons. The first-order valence-electron chi connectivity index (χ1n) is 22.9. The molecule has 15 heteroatoms. The average molecular weight is 883 g/mol. The van der Waals surface area contributed by atoms with Crippen molar-refractivity contribution in [3.63, 3.8) is 0 Å². The maximum atomic E-state index is 14.9. The summed E-state index contributed by atoms with van der Waals surface area (Å²) in [5.41, 5.74) is 3.48. The lowest BCUT2D eigenvalue weighted by Gasteiger charge is -2.40. The summed E-state index contributed by atoms with van der Waals surface area (Å²) >= 11 is 1.22. The number of nitrogens with zero attached hydrogens (tertiary/aromatic N) is 3. The van der Waals surface area contributed by atoms with Crippen LogP contribution in [0.25, 0.3) is 0 Å². The molecule has 2 heterocycles. The number of amides is 4. The van der Waals surface area contributed by atoms with Crippen molar-refractivity contribution in [2.24, 2.45) is 23.1 Å². The third-order valence-electron chi connectivity index (χ3n) is 12.1. The third kappa shape index (κ3) is 15.9. The first kappa shape index (κ1) is 52.3. The number of hydrogen-bond donors (Lipinski definition) is 5. The third-order valence-corrected chi connectivity index (χ3v) is 13.0. The SMILES string of the molecule is CCCCCCN(C(=O)[C@@H](NC(=O)[C@H]1CCCCN1C)[C@@H](C)CC)[C@H](C[C@@H](OC(C)=O)c1nc(C(=O)NC(Cc2ccc(NC(C)C)cc2)CC(C)(C)C(=O)NN)cs1)C(C)C. The number of likely N-dealkylation sites (N-methyl/N-ethyl adjacent to an activating group) is 1. The molecule has 2 aromatic rings. The zero-order valence-electron chi connectivity index (χ0n) is 39.5. The van der Waals surface area contributed by atoms with Gasteiger partial charge in [-0.15, -0.1) is 11.3 Å². The Morgan fingerprint density at radius 2 is 1.69 bits per heavy atom. The highest BCUT2D eigenvalue weighted by atomic mass is 32.1. The minimum absolute atomic E-state index is 0.0475. The summed E-state index contributed by atoms with van der Waals surface area (Å²) in [6.07, 6.45) is 7.46. The van der Waals surface area contributed by atoms with Gasteiger partial charge in [0.05, 0.1) is 6.04 Å². The highest BCUT2D eigenvalue weighted by Crippen LogP contribution is 2.32. The van der Waals surface area contributed by atoms with Crippen LogP contribution in [-0.4, -0.2) is 94.7 Å². The van der Waals surface area contributed by atoms with Crippen molar-refractivity contribution in [3.8, 4) is 0 Å². The number of thiazole rings is 1. The second-order valence-corrected chi connectivity index (χ2v) is 19.5. The number of carbonyl (C=O) groups excluding carboxylic acids is 5. The van der Waals surface area contributed by atoms with Gasteiger partial charge in [0.1, 0.15) is 16.7 Å². The van der Waals surface area contributed by atoms with E-state index in [1.54, 1.807) is 19.2 Å². The lowest BCUT2D eigenvalue weighted by Crippen LogP contribution is -2.59. The van der Waals surface area contributed by atoms with E-state index in [1.165, 1.54) is 18.3 Å². The molecule has 14 nitrogen and oxygen atoms in total. The number of rotatable bonds is 25. The van der Waals surface area contributed by atoms with Crippen molar-refractivity contribution in [1.29, 1.82) is 0 Å². The van der Waals surface area contributed by atoms with E-state index in [0.717, 1.165) is 62.7 Å². The molecule has 1 aromatic carbocycles. The predicted molar refractivity (Wildman–Crippen MR) is 248 cm³/mol. The van der Waals surface area contributed by atoms with Gasteiger partial charge in [0.2, 0.25) is 17.7 Å². The number of carbonyl (C=O) groups is 5. The minimum Gasteiger partial charge on any atom is -0.455 e. The summed E-state index contributed by atoms with van der Waals surface area (Å²) in [4.78, 5) is 76.9. The Morgan fingerprint density at radius 3 is 2.27 bits per heavy atom. The van der Waals surface area contributed by atoms with Gasteiger partial charge in [0, 0.05) is 54.5 Å². The number of unbranched alkanes of at least 4 members (excludes halogenated alkanes) is 3. The molecule has 0 bridgehead atoms. The van der Waals surface area contributed by atoms with Crippen LogP contribution >= 0.6 is 11.3 Å². The van der Waals surface area contributed by atoms with Crippen LogP contribution in [-0.2, 0) is 30.3 Å². The molecule has 62 heavy (non-hydrogen) atoms. The van der Waals surface area contributed by atoms with Crippen LogP contribution in [0.2, 0.25) is 0 Å². The molecule has 348 valence electrons. The predicted octanol–water partition coefficient (Wildman–Crippen LogP) is 7.15. The molecule has 0 spiro atoms. The number of ether oxygens (including phenoxy) is 1. The standard InChI is InChI=1S/C47H78N8O6S/c1-12-14-15-17-25-55(45(59)41(32(7)13-2)52-43(58)38-19-16-18-24-54(38)11)39(30(3)4)27-40(61-33(8)56)44-51-37(29-62-44)42(57)50-36(28-47(9,10)46(60)53-48)26-34-20-22-35(23-21-34)49-31(5)6/h20-23,29-32,36,38-41,49H,12-19,24-28,48H2,1-11H3,(H,50,57)(H,52,58)(H,53,60)/t32-,36?,38+,39+,40+,41-/m0/s1. The molecule has 6 N–H and O–H groups in total. The first-order chi connectivity index (χ1) is 29.3. The molecule has 1 fully saturated rings. The molecule has 1 unspecified atom stereocenters. The van der Waals surface area contributed by atoms with Crippen molar-refractivity contribution in [1.82, 2.24) is 30.8 Å². The van der Waals surface area contributed by atoms with Gasteiger partial charge in [-0.05, 0) is 89.1 Å². The number of hydrazine groups is 1. The zero-order chi connectivity index (χ0) is 46.1. The molecule has 3 rings (SSSR count). The van der Waals surface area contributed by atoms with Crippen LogP contribution < -0.4 is 27.2 Å². The summed E-state index contributed by atoms with van der Waals surface area (Å²) in [7, 11) is 1.97. The molecule has 1 aromatic heterocycles. The maximum absolute atomic E-state index is 14.9. The van der Waals surface area contributed by atoms with E-state index >= 15 is 0 Å². The normalized spacial score (nSPS) is 17.1. The Labute approximate surface area is 375 Å². The summed E-state index contributed by atoms with van der Waals surface area (Å²) in [6, 6.07) is 6.43. The smallest absolute Gasteiger partial charge is 0.303 e. The molecule has 1 aliphatic heterocycles. The molecule has 0 aliphatic carbocycles. The fourth-order valence-corrected chi connectivity index (χ4v) is 9.12. The molecule has 4 amide bonds. The van der Waals surface area contributed by atoms with Gasteiger partial charge in [-0.1, -0.05) is 92.7 Å². The summed E-state index contributed by atoms with van der Waals surface area (Å²) in [6.45, 7) is 20.7. The Balaban J connectivity index is 1.94. The average Bonchev–Trinajstić information content (AvgIpc) is 3.72. The van der Waals surface area contributed by atoms with Crippen molar-refractivity contribution < 1.29 is 28.7 Å². The Morgan fingerprint density at radius 1 is 1.00 bits per heavy atom. The molecule has 1 saturated heterocycles. The number of nitrogens with one attached hydrogen (secondary N) is 4. The minimum atomic E-state index is -0.895. The van der Waals surface area contributed by atoms with Crippen LogP contribution in [0.1, 0.15) is 161 Å². The number of aromatic nitrogens is 1. The Hall–Kier alpha value is -4.08. The second-order valence-electron chi connectivity index (χ2n) is 18.6. The summed E-state index contributed by atoms with van der Waals surface area (Å²) in [5.74, 6) is 3.84. The zero-order valence-corrected chi connectivity index (χ0v) is 40.3. The van der Waals surface area contributed by atoms with E-state index in [-0.39, 0.29) is 59.8 Å². The van der Waals surface area contributed by atoms with Gasteiger partial charge in [-0.25, -0.2) is 10.8 Å². The van der Waals surface area contributed by atoms with Crippen molar-refractivity contribution in [2.75, 3.05) is 25.5 Å². The van der Waals surface area contributed by atoms with E-state index < -0.39 is 35.5 Å². The van der Waals surface area contributed by atoms with Gasteiger partial charge >= 0.3 is 5.97 Å². The van der Waals surface area contributed by atoms with Gasteiger partial charge in [-0.3, -0.25) is 34.3 Å². The van der Waals surface area contributed by atoms with Gasteiger partial charge in [0.15, 0.2) is 6.10 Å². The number of hydrogen-bond acceptors (Lipinski definition) is 11. The lowest BCUT2D eigenvalue weighted by atomic mass is 9.83. The van der Waals surface area contributed by atoms with Crippen LogP contribution in [0.5, 0.6) is 0 Å². The fourth-order valence-electron chi connectivity index (χ4n) is 8.28. The van der Waals surface area contributed by atoms with Crippen LogP contribution in [0.4, 0.5) is 5.69 Å². The van der Waals surface area contributed by atoms with Crippen LogP contribution in [0.15, 0.2) is 29.6 Å². The van der Waals surface area contributed by atoms with Crippen molar-refractivity contribution in [2.45, 2.75) is 176 Å². The Kier molecular flexibility index (Phi) is 21.3. The largest absolute Gasteiger partial charge is 0.455 e. The quantitative estimate of drug-likeness (QED) is 0.0225. The highest BCUT2D eigenvalue weighted by Gasteiger charge is 2.39. The summed E-state index contributed by atoms with van der Waals surface area (Å²) < 4.78 is 5.97. The number of likely N-dealkylation sites (tertiary alicyclic amines) is 1. The lowest BCUT2D eigenvalue weighted by molar-refractivity contribution is -0.149. The highest BCUT2D eigenvalue weighted by molar-refractivity contribution is 7.09. The van der Waals surface area contributed by atoms with Gasteiger partial charge < -0.3 is 25.6 Å². The monoisotopic (exact) mass is 883 g/mol. The van der Waals surface area contributed by atoms with Crippen molar-refractivity contribution >= 4 is 46.6 Å². The van der Waals surface area contributed by atoms with Crippen LogP contribution in [0.3, 0.4) is 0 Å². The molecule has 0 saturated carbocycles. The second kappa shape index (κ2) is 25.3. The molecular formula is C47H78N8O6S. The van der Waals surface area contributed by atoms with E-state index in [4.69, 9.17) is 15.6 Å². The number of benzene rings is 1. The van der Waals surface area contributed by atoms with E-state index in [1.807, 2.05) is 50.1 Å².